The van der Waals surface area contributed by atoms with Crippen molar-refractivity contribution in [2.45, 2.75) is 25.4 Å². The van der Waals surface area contributed by atoms with Crippen molar-refractivity contribution in [3.05, 3.63) is 30.0 Å². The summed E-state index contributed by atoms with van der Waals surface area (Å²) in [6.07, 6.45) is 3.65. The van der Waals surface area contributed by atoms with Crippen molar-refractivity contribution >= 4 is 16.9 Å². The summed E-state index contributed by atoms with van der Waals surface area (Å²) in [7, 11) is 1.60. The van der Waals surface area contributed by atoms with Gasteiger partial charge in [-0.1, -0.05) is 12.1 Å². The smallest absolute Gasteiger partial charge is 0.289 e. The molecule has 5 nitrogen and oxygen atoms in total. The number of amides is 1. The van der Waals surface area contributed by atoms with E-state index in [1.54, 1.807) is 13.2 Å². The summed E-state index contributed by atoms with van der Waals surface area (Å²) < 4.78 is 16.9. The van der Waals surface area contributed by atoms with Gasteiger partial charge in [0.05, 0.1) is 13.2 Å². The predicted octanol–water partition coefficient (Wildman–Crippen LogP) is 3.08. The Morgan fingerprint density at radius 3 is 3.00 bits per heavy atom. The van der Waals surface area contributed by atoms with Gasteiger partial charge in [-0.3, -0.25) is 4.79 Å². The monoisotopic (exact) mass is 315 g/mol. The van der Waals surface area contributed by atoms with Crippen LogP contribution in [-0.2, 0) is 4.74 Å². The van der Waals surface area contributed by atoms with Gasteiger partial charge in [-0.15, -0.1) is 0 Å². The van der Waals surface area contributed by atoms with E-state index in [0.717, 1.165) is 30.9 Å². The predicted molar refractivity (Wildman–Crippen MR) is 85.8 cm³/mol. The van der Waals surface area contributed by atoms with Crippen molar-refractivity contribution in [1.82, 2.24) is 4.90 Å². The van der Waals surface area contributed by atoms with Crippen LogP contribution in [0.5, 0.6) is 5.75 Å². The third-order valence-electron chi connectivity index (χ3n) is 4.64. The van der Waals surface area contributed by atoms with Crippen LogP contribution in [0.15, 0.2) is 28.7 Å². The molecule has 0 spiro atoms. The topological polar surface area (TPSA) is 51.9 Å². The van der Waals surface area contributed by atoms with Gasteiger partial charge in [0.2, 0.25) is 0 Å². The molecule has 0 N–H and O–H groups in total. The molecule has 1 aliphatic heterocycles. The number of benzene rings is 1. The van der Waals surface area contributed by atoms with Crippen LogP contribution < -0.4 is 4.74 Å². The Hall–Kier alpha value is -2.01. The Labute approximate surface area is 135 Å². The third kappa shape index (κ3) is 2.93. The van der Waals surface area contributed by atoms with Crippen LogP contribution in [0.4, 0.5) is 0 Å². The van der Waals surface area contributed by atoms with Crippen molar-refractivity contribution in [2.75, 3.05) is 26.8 Å². The minimum atomic E-state index is -0.0687. The van der Waals surface area contributed by atoms with E-state index in [-0.39, 0.29) is 12.0 Å². The summed E-state index contributed by atoms with van der Waals surface area (Å²) in [5.74, 6) is 1.70. The van der Waals surface area contributed by atoms with Crippen molar-refractivity contribution in [1.29, 1.82) is 0 Å². The molecule has 122 valence electrons. The molecule has 2 heterocycles. The van der Waals surface area contributed by atoms with Crippen molar-refractivity contribution in [3.8, 4) is 5.75 Å². The summed E-state index contributed by atoms with van der Waals surface area (Å²) >= 11 is 0. The fraction of sp³-hybridized carbons (Fsp3) is 0.500. The molecule has 0 radical (unpaired) electrons. The fourth-order valence-electron chi connectivity index (χ4n) is 3.06. The first kappa shape index (κ1) is 14.6. The number of hydrogen-bond donors (Lipinski definition) is 0. The lowest BCUT2D eigenvalue weighted by molar-refractivity contribution is 0.0472. The highest BCUT2D eigenvalue weighted by molar-refractivity contribution is 5.97. The van der Waals surface area contributed by atoms with E-state index in [4.69, 9.17) is 13.9 Å². The van der Waals surface area contributed by atoms with Gasteiger partial charge in [0.25, 0.3) is 5.91 Å². The normalized spacial score (nSPS) is 21.1. The maximum Gasteiger partial charge on any atom is 0.289 e. The van der Waals surface area contributed by atoms with Crippen molar-refractivity contribution < 1.29 is 18.7 Å². The molecule has 2 aliphatic rings. The minimum Gasteiger partial charge on any atom is -0.493 e. The number of nitrogens with zero attached hydrogens (tertiary/aromatic N) is 1. The fourth-order valence-corrected chi connectivity index (χ4v) is 3.06. The minimum absolute atomic E-state index is 0.0687. The number of likely N-dealkylation sites (tertiary alicyclic amines) is 1. The highest BCUT2D eigenvalue weighted by Gasteiger charge is 2.31. The van der Waals surface area contributed by atoms with E-state index in [1.165, 1.54) is 12.8 Å². The number of methoxy groups -OCH3 is 1. The zero-order valence-corrected chi connectivity index (χ0v) is 13.3. The molecule has 0 bridgehead atoms. The van der Waals surface area contributed by atoms with Crippen LogP contribution in [0.25, 0.3) is 11.0 Å². The lowest BCUT2D eigenvalue weighted by Gasteiger charge is -2.15. The second-order valence-corrected chi connectivity index (χ2v) is 6.43. The first-order chi connectivity index (χ1) is 11.2. The summed E-state index contributed by atoms with van der Waals surface area (Å²) in [4.78, 5) is 14.5. The Balaban J connectivity index is 1.46. The maximum absolute atomic E-state index is 12.6. The Morgan fingerprint density at radius 1 is 1.35 bits per heavy atom. The third-order valence-corrected chi connectivity index (χ3v) is 4.64. The molecule has 2 fully saturated rings. The second-order valence-electron chi connectivity index (χ2n) is 6.43. The molecule has 1 unspecified atom stereocenters. The Kier molecular flexibility index (Phi) is 3.73. The molecule has 1 atom stereocenters. The number of furan rings is 1. The van der Waals surface area contributed by atoms with Crippen LogP contribution in [0.2, 0.25) is 0 Å². The molecule has 23 heavy (non-hydrogen) atoms. The average molecular weight is 315 g/mol. The van der Waals surface area contributed by atoms with Crippen LogP contribution >= 0.6 is 0 Å². The lowest BCUT2D eigenvalue weighted by atomic mass is 10.2. The maximum atomic E-state index is 12.6. The summed E-state index contributed by atoms with van der Waals surface area (Å²) in [5.41, 5.74) is 0.624. The average Bonchev–Trinajstić information content (AvgIpc) is 3.11. The molecule has 1 aromatic carbocycles. The summed E-state index contributed by atoms with van der Waals surface area (Å²) in [6.45, 7) is 2.22. The second kappa shape index (κ2) is 5.89. The number of para-hydroxylation sites is 1. The molecular weight excluding hydrogens is 294 g/mol. The molecule has 1 aromatic heterocycles. The first-order valence-corrected chi connectivity index (χ1v) is 8.22. The number of rotatable bonds is 5. The van der Waals surface area contributed by atoms with Gasteiger partial charge >= 0.3 is 0 Å². The van der Waals surface area contributed by atoms with E-state index in [0.29, 0.717) is 23.6 Å². The van der Waals surface area contributed by atoms with Gasteiger partial charge in [0.1, 0.15) is 0 Å². The van der Waals surface area contributed by atoms with Crippen molar-refractivity contribution in [3.63, 3.8) is 0 Å². The van der Waals surface area contributed by atoms with Gasteiger partial charge in [0.15, 0.2) is 17.1 Å². The van der Waals surface area contributed by atoms with Gasteiger partial charge in [-0.05, 0) is 37.3 Å². The highest BCUT2D eigenvalue weighted by Crippen LogP contribution is 2.31. The zero-order chi connectivity index (χ0) is 15.8. The molecular formula is C18H21NO4. The van der Waals surface area contributed by atoms with E-state index in [1.807, 2.05) is 23.1 Å². The Bertz CT molecular complexity index is 719. The van der Waals surface area contributed by atoms with Crippen LogP contribution in [0, 0.1) is 5.92 Å². The first-order valence-electron chi connectivity index (χ1n) is 8.22. The van der Waals surface area contributed by atoms with Gasteiger partial charge in [-0.2, -0.15) is 0 Å². The van der Waals surface area contributed by atoms with Gasteiger partial charge in [0, 0.05) is 25.1 Å². The van der Waals surface area contributed by atoms with E-state index in [9.17, 15) is 4.79 Å². The number of hydrogen-bond acceptors (Lipinski definition) is 4. The van der Waals surface area contributed by atoms with E-state index in [2.05, 4.69) is 0 Å². The molecule has 1 saturated carbocycles. The number of fused-ring (bicyclic) bond motifs is 1. The SMILES string of the molecule is COc1cccc2cc(C(=O)N3CCC(OCC4CC4)C3)oc12. The molecule has 1 saturated heterocycles. The number of carbonyl (C=O) groups excluding carboxylic acids is 1. The molecule has 2 aromatic rings. The van der Waals surface area contributed by atoms with Gasteiger partial charge in [-0.25, -0.2) is 0 Å². The molecule has 4 rings (SSSR count). The zero-order valence-electron chi connectivity index (χ0n) is 13.3. The number of carbonyl (C=O) groups is 1. The number of ether oxygens (including phenoxy) is 2. The van der Waals surface area contributed by atoms with Crippen LogP contribution in [-0.4, -0.2) is 43.7 Å². The van der Waals surface area contributed by atoms with E-state index < -0.39 is 0 Å². The van der Waals surface area contributed by atoms with E-state index >= 15 is 0 Å². The molecule has 1 aliphatic carbocycles. The highest BCUT2D eigenvalue weighted by atomic mass is 16.5. The lowest BCUT2D eigenvalue weighted by Crippen LogP contribution is -2.30. The van der Waals surface area contributed by atoms with Crippen LogP contribution in [0.3, 0.4) is 0 Å². The summed E-state index contributed by atoms with van der Waals surface area (Å²) in [6, 6.07) is 7.43. The van der Waals surface area contributed by atoms with Crippen LogP contribution in [0.1, 0.15) is 29.8 Å². The Morgan fingerprint density at radius 2 is 2.22 bits per heavy atom. The molecule has 5 heteroatoms. The quantitative estimate of drug-likeness (QED) is 0.851. The van der Waals surface area contributed by atoms with Crippen molar-refractivity contribution in [2.24, 2.45) is 5.92 Å². The summed E-state index contributed by atoms with van der Waals surface area (Å²) in [5, 5.41) is 0.883. The van der Waals surface area contributed by atoms with Gasteiger partial charge < -0.3 is 18.8 Å². The molecule has 1 amide bonds. The largest absolute Gasteiger partial charge is 0.493 e. The standard InChI is InChI=1S/C18H21NO4/c1-21-15-4-2-3-13-9-16(23-17(13)15)18(20)19-8-7-14(10-19)22-11-12-5-6-12/h2-4,9,12,14H,5-8,10-11H2,1H3.